The quantitative estimate of drug-likeness (QED) is 0.463. The van der Waals surface area contributed by atoms with Gasteiger partial charge in [-0.1, -0.05) is 32.4 Å². The molecule has 0 N–H and O–H groups in total. The summed E-state index contributed by atoms with van der Waals surface area (Å²) in [5.74, 6) is 0.845. The summed E-state index contributed by atoms with van der Waals surface area (Å²) in [5.41, 5.74) is 2.01. The van der Waals surface area contributed by atoms with Gasteiger partial charge >= 0.3 is 0 Å². The molecule has 1 heteroatoms. The van der Waals surface area contributed by atoms with E-state index in [4.69, 9.17) is 0 Å². The Kier molecular flexibility index (Phi) is 2.03. The highest BCUT2D eigenvalue weighted by atomic mass is 15.5. The lowest BCUT2D eigenvalue weighted by Crippen LogP contribution is -2.14. The van der Waals surface area contributed by atoms with Gasteiger partial charge in [0.05, 0.1) is 5.54 Å². The normalized spacial score (nSPS) is 40.3. The fraction of sp³-hybridized carbons (Fsp3) is 0.833. The van der Waals surface area contributed by atoms with Gasteiger partial charge in [-0.05, 0) is 32.2 Å². The van der Waals surface area contributed by atoms with E-state index >= 15 is 0 Å². The lowest BCUT2D eigenvalue weighted by molar-refractivity contribution is 0.431. The molecule has 1 aliphatic heterocycles. The third-order valence-corrected chi connectivity index (χ3v) is 3.80. The van der Waals surface area contributed by atoms with Crippen LogP contribution in [0.25, 0.3) is 0 Å². The molecular weight excluding hydrogens is 158 g/mol. The standard InChI is InChI=1S/C12H21N/c1-9(2)6-5-7-10(3)12-8-11(12)13(12)4/h9,11H,3,5-8H2,1-2,4H3/t11?,12?,13-/m0/s1. The van der Waals surface area contributed by atoms with Gasteiger partial charge in [-0.2, -0.15) is 0 Å². The van der Waals surface area contributed by atoms with Crippen molar-refractivity contribution in [2.45, 2.75) is 51.1 Å². The third-order valence-electron chi connectivity index (χ3n) is 3.80. The molecule has 0 aromatic carbocycles. The summed E-state index contributed by atoms with van der Waals surface area (Å²) < 4.78 is 0. The van der Waals surface area contributed by atoms with Crippen LogP contribution in [-0.2, 0) is 0 Å². The predicted molar refractivity (Wildman–Crippen MR) is 56.7 cm³/mol. The van der Waals surface area contributed by atoms with Crippen molar-refractivity contribution in [3.05, 3.63) is 12.2 Å². The topological polar surface area (TPSA) is 3.01 Å². The second-order valence-electron chi connectivity index (χ2n) is 5.14. The van der Waals surface area contributed by atoms with Gasteiger partial charge in [0, 0.05) is 6.04 Å². The van der Waals surface area contributed by atoms with Crippen LogP contribution in [0.1, 0.15) is 39.5 Å². The van der Waals surface area contributed by atoms with Gasteiger partial charge in [-0.25, -0.2) is 0 Å². The van der Waals surface area contributed by atoms with E-state index in [-0.39, 0.29) is 0 Å². The maximum atomic E-state index is 4.24. The van der Waals surface area contributed by atoms with E-state index in [2.05, 4.69) is 32.4 Å². The fourth-order valence-electron chi connectivity index (χ4n) is 2.52. The lowest BCUT2D eigenvalue weighted by Gasteiger charge is -2.13. The Balaban J connectivity index is 1.69. The van der Waals surface area contributed by atoms with Gasteiger partial charge in [-0.15, -0.1) is 0 Å². The SMILES string of the molecule is C=C(CCCC(C)C)C12CC1[N@]2C. The van der Waals surface area contributed by atoms with Gasteiger partial charge < -0.3 is 0 Å². The van der Waals surface area contributed by atoms with Crippen LogP contribution in [0.4, 0.5) is 0 Å². The van der Waals surface area contributed by atoms with Crippen molar-refractivity contribution in [1.29, 1.82) is 0 Å². The first-order valence-electron chi connectivity index (χ1n) is 5.50. The van der Waals surface area contributed by atoms with Crippen molar-refractivity contribution >= 4 is 0 Å². The Hall–Kier alpha value is -0.300. The second kappa shape index (κ2) is 2.84. The molecule has 2 rings (SSSR count). The second-order valence-corrected chi connectivity index (χ2v) is 5.14. The summed E-state index contributed by atoms with van der Waals surface area (Å²) in [6.45, 7) is 8.83. The fourth-order valence-corrected chi connectivity index (χ4v) is 2.52. The van der Waals surface area contributed by atoms with E-state index in [1.807, 2.05) is 0 Å². The number of hydrogen-bond acceptors (Lipinski definition) is 1. The molecule has 13 heavy (non-hydrogen) atoms. The molecule has 0 bridgehead atoms. The summed E-state index contributed by atoms with van der Waals surface area (Å²) in [4.78, 5) is 2.46. The van der Waals surface area contributed by atoms with Crippen LogP contribution in [0.5, 0.6) is 0 Å². The van der Waals surface area contributed by atoms with Gasteiger partial charge in [0.2, 0.25) is 0 Å². The van der Waals surface area contributed by atoms with Crippen molar-refractivity contribution in [1.82, 2.24) is 4.90 Å². The average molecular weight is 179 g/mol. The van der Waals surface area contributed by atoms with Crippen LogP contribution in [0.3, 0.4) is 0 Å². The predicted octanol–water partition coefficient (Wildman–Crippen LogP) is 2.83. The van der Waals surface area contributed by atoms with Gasteiger partial charge in [-0.3, -0.25) is 4.90 Å². The third kappa shape index (κ3) is 1.34. The highest BCUT2D eigenvalue weighted by molar-refractivity contribution is 5.46. The molecule has 2 fully saturated rings. The number of hydrogen-bond donors (Lipinski definition) is 0. The van der Waals surface area contributed by atoms with E-state index in [1.54, 1.807) is 0 Å². The maximum Gasteiger partial charge on any atom is 0.0591 e. The molecular formula is C12H21N. The Labute approximate surface area is 81.8 Å². The largest absolute Gasteiger partial charge is 0.290 e. The molecule has 2 aliphatic rings. The zero-order valence-electron chi connectivity index (χ0n) is 9.14. The molecule has 74 valence electrons. The van der Waals surface area contributed by atoms with Gasteiger partial charge in [0.15, 0.2) is 0 Å². The summed E-state index contributed by atoms with van der Waals surface area (Å²) >= 11 is 0. The summed E-state index contributed by atoms with van der Waals surface area (Å²) in [7, 11) is 2.22. The number of likely N-dealkylation sites (tertiary alicyclic amines) is 1. The van der Waals surface area contributed by atoms with Crippen LogP contribution in [0.15, 0.2) is 12.2 Å². The highest BCUT2D eigenvalue weighted by Crippen LogP contribution is 2.66. The van der Waals surface area contributed by atoms with Crippen molar-refractivity contribution in [3.8, 4) is 0 Å². The van der Waals surface area contributed by atoms with Gasteiger partial charge in [0.1, 0.15) is 0 Å². The number of likely N-dealkylation sites (N-methyl/N-ethyl adjacent to an activating group) is 1. The van der Waals surface area contributed by atoms with E-state index in [0.717, 1.165) is 12.0 Å². The molecule has 0 aromatic heterocycles. The number of rotatable bonds is 5. The van der Waals surface area contributed by atoms with Crippen molar-refractivity contribution in [2.24, 2.45) is 5.92 Å². The molecule has 1 saturated heterocycles. The number of nitrogens with zero attached hydrogens (tertiary/aromatic N) is 1. The molecule has 0 radical (unpaired) electrons. The van der Waals surface area contributed by atoms with Crippen LogP contribution in [0, 0.1) is 5.92 Å². The molecule has 3 atom stereocenters. The molecule has 1 saturated carbocycles. The summed E-state index contributed by atoms with van der Waals surface area (Å²) in [6, 6.07) is 0.888. The molecule has 2 unspecified atom stereocenters. The molecule has 1 heterocycles. The first-order valence-corrected chi connectivity index (χ1v) is 5.50. The van der Waals surface area contributed by atoms with Crippen LogP contribution in [0.2, 0.25) is 0 Å². The van der Waals surface area contributed by atoms with Crippen LogP contribution < -0.4 is 0 Å². The van der Waals surface area contributed by atoms with E-state index in [1.165, 1.54) is 31.3 Å². The first kappa shape index (κ1) is 9.26. The minimum atomic E-state index is 0.511. The van der Waals surface area contributed by atoms with Crippen molar-refractivity contribution in [3.63, 3.8) is 0 Å². The molecule has 0 spiro atoms. The van der Waals surface area contributed by atoms with Crippen molar-refractivity contribution in [2.75, 3.05) is 7.05 Å². The monoisotopic (exact) mass is 179 g/mol. The van der Waals surface area contributed by atoms with Crippen LogP contribution >= 0.6 is 0 Å². The lowest BCUT2D eigenvalue weighted by atomic mass is 10.00. The Bertz CT molecular complexity index is 225. The Morgan fingerprint density at radius 3 is 2.62 bits per heavy atom. The molecule has 1 aliphatic carbocycles. The first-order chi connectivity index (χ1) is 6.09. The zero-order chi connectivity index (χ0) is 9.64. The molecule has 1 nitrogen and oxygen atoms in total. The Morgan fingerprint density at radius 1 is 1.62 bits per heavy atom. The van der Waals surface area contributed by atoms with E-state index in [9.17, 15) is 0 Å². The van der Waals surface area contributed by atoms with E-state index < -0.39 is 0 Å². The summed E-state index contributed by atoms with van der Waals surface area (Å²) in [5, 5.41) is 0. The molecule has 0 amide bonds. The molecule has 0 aromatic rings. The van der Waals surface area contributed by atoms with E-state index in [0.29, 0.717) is 5.54 Å². The van der Waals surface area contributed by atoms with Gasteiger partial charge in [0.25, 0.3) is 0 Å². The smallest absolute Gasteiger partial charge is 0.0591 e. The zero-order valence-corrected chi connectivity index (χ0v) is 9.14. The van der Waals surface area contributed by atoms with Crippen LogP contribution in [-0.4, -0.2) is 23.5 Å². The Morgan fingerprint density at radius 2 is 2.23 bits per heavy atom. The number of fused-ring (bicyclic) bond motifs is 1. The average Bonchev–Trinajstić information content (AvgIpc) is 2.89. The van der Waals surface area contributed by atoms with Crippen molar-refractivity contribution < 1.29 is 0 Å². The maximum absolute atomic E-state index is 4.24. The minimum Gasteiger partial charge on any atom is -0.290 e. The summed E-state index contributed by atoms with van der Waals surface area (Å²) in [6.07, 6.45) is 5.32. The highest BCUT2D eigenvalue weighted by Gasteiger charge is 2.76. The minimum absolute atomic E-state index is 0.511.